The molecule has 0 radical (unpaired) electrons. The molecule has 0 aliphatic carbocycles. The van der Waals surface area contributed by atoms with E-state index in [4.69, 9.17) is 11.6 Å². The van der Waals surface area contributed by atoms with Crippen LogP contribution < -0.4 is 5.32 Å². The quantitative estimate of drug-likeness (QED) is 0.821. The normalized spacial score (nSPS) is 12.7. The topological polar surface area (TPSA) is 12.0 Å². The first-order chi connectivity index (χ1) is 10.0. The first-order valence-corrected chi connectivity index (χ1v) is 7.60. The van der Waals surface area contributed by atoms with E-state index >= 15 is 0 Å². The minimum absolute atomic E-state index is 0.0104. The van der Waals surface area contributed by atoms with Gasteiger partial charge in [0.1, 0.15) is 5.82 Å². The van der Waals surface area contributed by atoms with Crippen molar-refractivity contribution >= 4 is 11.6 Å². The maximum absolute atomic E-state index is 13.3. The van der Waals surface area contributed by atoms with Gasteiger partial charge in [0.15, 0.2) is 0 Å². The van der Waals surface area contributed by atoms with Crippen LogP contribution in [0.5, 0.6) is 0 Å². The largest absolute Gasteiger partial charge is 0.309 e. The molecule has 0 saturated carbocycles. The van der Waals surface area contributed by atoms with Crippen molar-refractivity contribution in [3.63, 3.8) is 0 Å². The van der Waals surface area contributed by atoms with Gasteiger partial charge in [0, 0.05) is 0 Å². The molecule has 0 saturated heterocycles. The summed E-state index contributed by atoms with van der Waals surface area (Å²) in [5.74, 6) is 0.259. The molecule has 0 aromatic heterocycles. The van der Waals surface area contributed by atoms with Gasteiger partial charge < -0.3 is 5.32 Å². The van der Waals surface area contributed by atoms with Crippen LogP contribution in [0.3, 0.4) is 0 Å². The lowest BCUT2D eigenvalue weighted by atomic mass is 9.96. The van der Waals surface area contributed by atoms with Crippen LogP contribution in [-0.2, 0) is 6.42 Å². The third kappa shape index (κ3) is 4.05. The number of hydrogen-bond donors (Lipinski definition) is 1. The molecule has 2 aromatic rings. The lowest BCUT2D eigenvalue weighted by Gasteiger charge is -2.18. The fourth-order valence-electron chi connectivity index (χ4n) is 2.54. The Labute approximate surface area is 131 Å². The molecule has 0 aliphatic rings. The fraction of sp³-hybridized carbons (Fsp3) is 0.333. The number of hydrogen-bond acceptors (Lipinski definition) is 1. The second-order valence-corrected chi connectivity index (χ2v) is 6.14. The van der Waals surface area contributed by atoms with Crippen molar-refractivity contribution in [3.8, 4) is 0 Å². The van der Waals surface area contributed by atoms with Crippen molar-refractivity contribution in [1.82, 2.24) is 5.32 Å². The standard InChI is InChI=1S/C18H21ClFN/c1-12(2)10-13-4-6-14(7-5-13)18(21-3)15-8-9-17(20)16(19)11-15/h4-9,11-12,18,21H,10H2,1-3H3. The van der Waals surface area contributed by atoms with Gasteiger partial charge in [0.25, 0.3) is 0 Å². The van der Waals surface area contributed by atoms with E-state index in [2.05, 4.69) is 43.4 Å². The molecule has 1 nitrogen and oxygen atoms in total. The molecule has 3 heteroatoms. The summed E-state index contributed by atoms with van der Waals surface area (Å²) in [6.45, 7) is 4.43. The first kappa shape index (κ1) is 16.0. The number of nitrogens with one attached hydrogen (secondary N) is 1. The van der Waals surface area contributed by atoms with Crippen LogP contribution in [0.2, 0.25) is 5.02 Å². The zero-order chi connectivity index (χ0) is 15.4. The van der Waals surface area contributed by atoms with Crippen molar-refractivity contribution < 1.29 is 4.39 Å². The molecule has 0 bridgehead atoms. The van der Waals surface area contributed by atoms with Crippen LogP contribution in [0.4, 0.5) is 4.39 Å². The Morgan fingerprint density at radius 1 is 1.05 bits per heavy atom. The molecule has 0 aliphatic heterocycles. The van der Waals surface area contributed by atoms with Crippen molar-refractivity contribution in [1.29, 1.82) is 0 Å². The Kier molecular flexibility index (Phi) is 5.38. The van der Waals surface area contributed by atoms with E-state index in [0.717, 1.165) is 17.5 Å². The highest BCUT2D eigenvalue weighted by atomic mass is 35.5. The van der Waals surface area contributed by atoms with Crippen LogP contribution in [0.15, 0.2) is 42.5 Å². The van der Waals surface area contributed by atoms with E-state index < -0.39 is 0 Å². The highest BCUT2D eigenvalue weighted by molar-refractivity contribution is 6.30. The van der Waals surface area contributed by atoms with E-state index in [1.54, 1.807) is 12.1 Å². The molecule has 21 heavy (non-hydrogen) atoms. The predicted molar refractivity (Wildman–Crippen MR) is 87.3 cm³/mol. The van der Waals surface area contributed by atoms with Gasteiger partial charge in [-0.05, 0) is 48.2 Å². The molecule has 0 heterocycles. The van der Waals surface area contributed by atoms with Gasteiger partial charge in [0.2, 0.25) is 0 Å². The lowest BCUT2D eigenvalue weighted by molar-refractivity contribution is 0.623. The molecular weight excluding hydrogens is 285 g/mol. The highest BCUT2D eigenvalue weighted by Gasteiger charge is 2.13. The molecule has 1 unspecified atom stereocenters. The smallest absolute Gasteiger partial charge is 0.141 e. The summed E-state index contributed by atoms with van der Waals surface area (Å²) in [5.41, 5.74) is 3.44. The summed E-state index contributed by atoms with van der Waals surface area (Å²) in [6.07, 6.45) is 1.08. The number of benzene rings is 2. The third-order valence-electron chi connectivity index (χ3n) is 3.52. The van der Waals surface area contributed by atoms with Gasteiger partial charge in [-0.1, -0.05) is 55.8 Å². The molecule has 2 rings (SSSR count). The molecular formula is C18H21ClFN. The van der Waals surface area contributed by atoms with Crippen molar-refractivity contribution in [2.24, 2.45) is 5.92 Å². The van der Waals surface area contributed by atoms with E-state index in [9.17, 15) is 4.39 Å². The fourth-order valence-corrected chi connectivity index (χ4v) is 2.72. The minimum Gasteiger partial charge on any atom is -0.309 e. The van der Waals surface area contributed by atoms with Gasteiger partial charge in [-0.25, -0.2) is 4.39 Å². The molecule has 0 fully saturated rings. The first-order valence-electron chi connectivity index (χ1n) is 7.22. The molecule has 1 atom stereocenters. The average Bonchev–Trinajstić information content (AvgIpc) is 2.45. The lowest BCUT2D eigenvalue weighted by Crippen LogP contribution is -2.17. The summed E-state index contributed by atoms with van der Waals surface area (Å²) in [6, 6.07) is 13.4. The maximum Gasteiger partial charge on any atom is 0.141 e. The van der Waals surface area contributed by atoms with Crippen LogP contribution >= 0.6 is 11.6 Å². The Hall–Kier alpha value is -1.38. The monoisotopic (exact) mass is 305 g/mol. The average molecular weight is 306 g/mol. The zero-order valence-corrected chi connectivity index (χ0v) is 13.4. The van der Waals surface area contributed by atoms with Crippen molar-refractivity contribution in [2.75, 3.05) is 7.05 Å². The van der Waals surface area contributed by atoms with Gasteiger partial charge in [-0.15, -0.1) is 0 Å². The van der Waals surface area contributed by atoms with Crippen LogP contribution in [0.25, 0.3) is 0 Å². The van der Waals surface area contributed by atoms with Gasteiger partial charge >= 0.3 is 0 Å². The van der Waals surface area contributed by atoms with Crippen molar-refractivity contribution in [3.05, 3.63) is 70.0 Å². The minimum atomic E-state index is -0.387. The van der Waals surface area contributed by atoms with E-state index in [0.29, 0.717) is 5.92 Å². The molecule has 1 N–H and O–H groups in total. The molecule has 0 spiro atoms. The second-order valence-electron chi connectivity index (χ2n) is 5.73. The highest BCUT2D eigenvalue weighted by Crippen LogP contribution is 2.26. The zero-order valence-electron chi connectivity index (χ0n) is 12.7. The molecule has 112 valence electrons. The van der Waals surface area contributed by atoms with E-state index in [1.165, 1.54) is 11.6 Å². The van der Waals surface area contributed by atoms with Gasteiger partial charge in [0.05, 0.1) is 11.1 Å². The summed E-state index contributed by atoms with van der Waals surface area (Å²) in [4.78, 5) is 0. The van der Waals surface area contributed by atoms with Crippen molar-refractivity contribution in [2.45, 2.75) is 26.3 Å². The van der Waals surface area contributed by atoms with Gasteiger partial charge in [-0.2, -0.15) is 0 Å². The maximum atomic E-state index is 13.3. The predicted octanol–water partition coefficient (Wildman–Crippen LogP) is 4.99. The van der Waals surface area contributed by atoms with Crippen LogP contribution in [0.1, 0.15) is 36.6 Å². The molecule has 2 aromatic carbocycles. The van der Waals surface area contributed by atoms with Crippen LogP contribution in [-0.4, -0.2) is 7.05 Å². The summed E-state index contributed by atoms with van der Waals surface area (Å²) in [7, 11) is 1.89. The van der Waals surface area contributed by atoms with Crippen LogP contribution in [0, 0.1) is 11.7 Å². The van der Waals surface area contributed by atoms with E-state index in [1.807, 2.05) is 7.05 Å². The van der Waals surface area contributed by atoms with Gasteiger partial charge in [-0.3, -0.25) is 0 Å². The molecule has 0 amide bonds. The third-order valence-corrected chi connectivity index (χ3v) is 3.81. The SMILES string of the molecule is CNC(c1ccc(CC(C)C)cc1)c1ccc(F)c(Cl)c1. The summed E-state index contributed by atoms with van der Waals surface area (Å²) >= 11 is 5.88. The second kappa shape index (κ2) is 7.06. The summed E-state index contributed by atoms with van der Waals surface area (Å²) in [5, 5.41) is 3.42. The number of rotatable bonds is 5. The Morgan fingerprint density at radius 2 is 1.67 bits per heavy atom. The Morgan fingerprint density at radius 3 is 2.19 bits per heavy atom. The Bertz CT molecular complexity index is 593. The Balaban J connectivity index is 2.26. The number of halogens is 2. The summed E-state index contributed by atoms with van der Waals surface area (Å²) < 4.78 is 13.3. The van der Waals surface area contributed by atoms with E-state index in [-0.39, 0.29) is 16.9 Å².